The lowest BCUT2D eigenvalue weighted by Crippen LogP contribution is -2.18. The highest BCUT2D eigenvalue weighted by Crippen LogP contribution is 2.28. The number of methoxy groups -OCH3 is 1. The minimum absolute atomic E-state index is 0.275. The van der Waals surface area contributed by atoms with Crippen molar-refractivity contribution in [3.05, 3.63) is 89.0 Å². The predicted molar refractivity (Wildman–Crippen MR) is 131 cm³/mol. The highest BCUT2D eigenvalue weighted by molar-refractivity contribution is 5.96. The molecule has 0 bridgehead atoms. The molecule has 7 nitrogen and oxygen atoms in total. The summed E-state index contributed by atoms with van der Waals surface area (Å²) in [5, 5.41) is 4.01. The first-order chi connectivity index (χ1) is 16.5. The summed E-state index contributed by atoms with van der Waals surface area (Å²) < 4.78 is 16.5. The van der Waals surface area contributed by atoms with Crippen LogP contribution in [0.2, 0.25) is 0 Å². The first-order valence-electron chi connectivity index (χ1n) is 11.0. The Hall–Kier alpha value is -4.13. The topological polar surface area (TPSA) is 86.2 Å². The van der Waals surface area contributed by atoms with Gasteiger partial charge in [0.05, 0.1) is 25.5 Å². The normalized spacial score (nSPS) is 10.7. The van der Waals surface area contributed by atoms with Gasteiger partial charge in [0.1, 0.15) is 5.75 Å². The Kier molecular flexibility index (Phi) is 8.80. The number of carbonyl (C=O) groups excluding carboxylic acids is 2. The quantitative estimate of drug-likeness (QED) is 0.148. The predicted octanol–water partition coefficient (Wildman–Crippen LogP) is 5.17. The van der Waals surface area contributed by atoms with Crippen LogP contribution in [0.15, 0.2) is 71.8 Å². The highest BCUT2D eigenvalue weighted by Gasteiger charge is 2.13. The Morgan fingerprint density at radius 1 is 1.00 bits per heavy atom. The van der Waals surface area contributed by atoms with Crippen molar-refractivity contribution in [2.45, 2.75) is 26.7 Å². The number of hydrogen-bond acceptors (Lipinski definition) is 6. The van der Waals surface area contributed by atoms with Gasteiger partial charge in [-0.05, 0) is 73.0 Å². The van der Waals surface area contributed by atoms with Gasteiger partial charge in [-0.2, -0.15) is 5.10 Å². The zero-order chi connectivity index (χ0) is 24.3. The van der Waals surface area contributed by atoms with Crippen LogP contribution in [-0.4, -0.2) is 31.8 Å². The number of aryl methyl sites for hydroxylation is 1. The lowest BCUT2D eigenvalue weighted by Gasteiger charge is -2.10. The van der Waals surface area contributed by atoms with Gasteiger partial charge in [0, 0.05) is 5.56 Å². The van der Waals surface area contributed by atoms with Crippen LogP contribution >= 0.6 is 0 Å². The molecule has 1 N–H and O–H groups in total. The number of unbranched alkanes of at least 4 members (excludes halogenated alkanes) is 1. The molecule has 0 unspecified atom stereocenters. The van der Waals surface area contributed by atoms with Crippen molar-refractivity contribution >= 4 is 18.1 Å². The number of hydrogen-bond donors (Lipinski definition) is 1. The van der Waals surface area contributed by atoms with E-state index in [-0.39, 0.29) is 11.7 Å². The Labute approximate surface area is 199 Å². The van der Waals surface area contributed by atoms with E-state index >= 15 is 0 Å². The third-order valence-electron chi connectivity index (χ3n) is 5.02. The lowest BCUT2D eigenvalue weighted by molar-refractivity contribution is 0.0729. The number of benzene rings is 3. The molecule has 0 aliphatic rings. The molecule has 176 valence electrons. The Morgan fingerprint density at radius 2 is 1.76 bits per heavy atom. The van der Waals surface area contributed by atoms with Gasteiger partial charge in [-0.3, -0.25) is 4.79 Å². The van der Waals surface area contributed by atoms with Gasteiger partial charge in [-0.1, -0.05) is 31.5 Å². The van der Waals surface area contributed by atoms with Crippen molar-refractivity contribution in [3.63, 3.8) is 0 Å². The summed E-state index contributed by atoms with van der Waals surface area (Å²) in [7, 11) is 1.48. The van der Waals surface area contributed by atoms with Crippen LogP contribution in [0.5, 0.6) is 17.2 Å². The number of rotatable bonds is 10. The van der Waals surface area contributed by atoms with Gasteiger partial charge in [-0.25, -0.2) is 10.2 Å². The maximum atomic E-state index is 12.6. The number of nitrogens with zero attached hydrogens (tertiary/aromatic N) is 1. The Balaban J connectivity index is 1.62. The maximum absolute atomic E-state index is 12.6. The second kappa shape index (κ2) is 12.2. The van der Waals surface area contributed by atoms with Crippen molar-refractivity contribution < 1.29 is 23.8 Å². The molecule has 3 aromatic carbocycles. The molecule has 34 heavy (non-hydrogen) atoms. The zero-order valence-corrected chi connectivity index (χ0v) is 19.5. The van der Waals surface area contributed by atoms with Crippen LogP contribution in [-0.2, 0) is 0 Å². The molecule has 0 aromatic heterocycles. The van der Waals surface area contributed by atoms with Crippen LogP contribution in [0.25, 0.3) is 0 Å². The van der Waals surface area contributed by atoms with E-state index in [4.69, 9.17) is 14.2 Å². The summed E-state index contributed by atoms with van der Waals surface area (Å²) in [6, 6.07) is 19.1. The van der Waals surface area contributed by atoms with Crippen molar-refractivity contribution in [3.8, 4) is 17.2 Å². The number of nitrogens with one attached hydrogen (secondary N) is 1. The average Bonchev–Trinajstić information content (AvgIpc) is 2.85. The molecule has 7 heteroatoms. The van der Waals surface area contributed by atoms with Crippen molar-refractivity contribution in [2.75, 3.05) is 13.7 Å². The first-order valence-corrected chi connectivity index (χ1v) is 11.0. The highest BCUT2D eigenvalue weighted by atomic mass is 16.6. The molecule has 0 fully saturated rings. The summed E-state index contributed by atoms with van der Waals surface area (Å²) >= 11 is 0. The minimum atomic E-state index is -0.509. The van der Waals surface area contributed by atoms with E-state index in [1.54, 1.807) is 54.6 Å². The van der Waals surface area contributed by atoms with Crippen LogP contribution in [0.3, 0.4) is 0 Å². The number of amides is 1. The molecule has 0 saturated carbocycles. The summed E-state index contributed by atoms with van der Waals surface area (Å²) in [6.45, 7) is 4.60. The molecule has 0 heterocycles. The molecule has 3 aromatic rings. The fourth-order valence-corrected chi connectivity index (χ4v) is 3.08. The summed E-state index contributed by atoms with van der Waals surface area (Å²) in [5.74, 6) is 0.540. The van der Waals surface area contributed by atoms with Crippen LogP contribution in [0, 0.1) is 6.92 Å². The maximum Gasteiger partial charge on any atom is 0.343 e. The summed E-state index contributed by atoms with van der Waals surface area (Å²) in [5.41, 5.74) is 4.99. The van der Waals surface area contributed by atoms with E-state index in [0.717, 1.165) is 18.4 Å². The molecule has 1 amide bonds. The van der Waals surface area contributed by atoms with Gasteiger partial charge < -0.3 is 14.2 Å². The van der Waals surface area contributed by atoms with E-state index in [0.29, 0.717) is 34.8 Å². The summed E-state index contributed by atoms with van der Waals surface area (Å²) in [4.78, 5) is 24.8. The van der Waals surface area contributed by atoms with Crippen LogP contribution in [0.1, 0.15) is 51.6 Å². The van der Waals surface area contributed by atoms with Gasteiger partial charge in [0.25, 0.3) is 5.91 Å². The fraction of sp³-hybridized carbons (Fsp3) is 0.222. The number of esters is 1. The molecule has 0 saturated heterocycles. The van der Waals surface area contributed by atoms with Gasteiger partial charge in [0.2, 0.25) is 0 Å². The fourth-order valence-electron chi connectivity index (χ4n) is 3.08. The lowest BCUT2D eigenvalue weighted by atomic mass is 10.1. The third-order valence-corrected chi connectivity index (χ3v) is 5.02. The standard InChI is InChI=1S/C27H28N2O5/c1-4-5-16-33-22-13-11-21(12-14-22)27(31)34-24-15-10-20(17-25(24)32-3)18-28-29-26(30)23-9-7-6-8-19(23)2/h6-15,17-18H,4-5,16H2,1-3H3,(H,29,30). The SMILES string of the molecule is CCCCOc1ccc(C(=O)Oc2ccc(C=NNC(=O)c3ccccc3C)cc2OC)cc1. The first kappa shape index (κ1) is 24.5. The zero-order valence-electron chi connectivity index (χ0n) is 19.5. The molecule has 3 rings (SSSR count). The Bertz CT molecular complexity index is 1160. The van der Waals surface area contributed by atoms with Crippen molar-refractivity contribution in [1.82, 2.24) is 5.43 Å². The van der Waals surface area contributed by atoms with Gasteiger partial charge in [-0.15, -0.1) is 0 Å². The van der Waals surface area contributed by atoms with Gasteiger partial charge >= 0.3 is 5.97 Å². The largest absolute Gasteiger partial charge is 0.494 e. The minimum Gasteiger partial charge on any atom is -0.494 e. The molecular weight excluding hydrogens is 432 g/mol. The molecule has 0 atom stereocenters. The third kappa shape index (κ3) is 6.68. The van der Waals surface area contributed by atoms with Gasteiger partial charge in [0.15, 0.2) is 11.5 Å². The monoisotopic (exact) mass is 460 g/mol. The average molecular weight is 461 g/mol. The second-order valence-corrected chi connectivity index (χ2v) is 7.54. The number of ether oxygens (including phenoxy) is 3. The number of hydrazone groups is 1. The van der Waals surface area contributed by atoms with Crippen molar-refractivity contribution in [1.29, 1.82) is 0 Å². The van der Waals surface area contributed by atoms with E-state index in [2.05, 4.69) is 17.5 Å². The molecular formula is C27H28N2O5. The molecule has 0 spiro atoms. The smallest absolute Gasteiger partial charge is 0.343 e. The Morgan fingerprint density at radius 3 is 2.47 bits per heavy atom. The van der Waals surface area contributed by atoms with Crippen LogP contribution in [0.4, 0.5) is 0 Å². The molecule has 0 radical (unpaired) electrons. The van der Waals surface area contributed by atoms with E-state index in [1.165, 1.54) is 13.3 Å². The second-order valence-electron chi connectivity index (χ2n) is 7.54. The molecule has 0 aliphatic heterocycles. The van der Waals surface area contributed by atoms with Crippen molar-refractivity contribution in [2.24, 2.45) is 5.10 Å². The van der Waals surface area contributed by atoms with E-state index < -0.39 is 5.97 Å². The van der Waals surface area contributed by atoms with Crippen LogP contribution < -0.4 is 19.6 Å². The summed E-state index contributed by atoms with van der Waals surface area (Å²) in [6.07, 6.45) is 3.52. The van der Waals surface area contributed by atoms with E-state index in [1.807, 2.05) is 19.1 Å². The number of carbonyl (C=O) groups is 2. The molecule has 0 aliphatic carbocycles. The van der Waals surface area contributed by atoms with E-state index in [9.17, 15) is 9.59 Å².